The first-order valence-electron chi connectivity index (χ1n) is 10.5. The molecule has 7 heteroatoms. The Morgan fingerprint density at radius 1 is 0.968 bits per heavy atom. The number of aromatic hydroxyl groups is 1. The fourth-order valence-electron chi connectivity index (χ4n) is 3.79. The van der Waals surface area contributed by atoms with Crippen molar-refractivity contribution in [2.75, 3.05) is 18.0 Å². The van der Waals surface area contributed by atoms with E-state index in [2.05, 4.69) is 16.3 Å². The molecule has 154 valence electrons. The minimum Gasteiger partial charge on any atom is -0.507 e. The van der Waals surface area contributed by atoms with Crippen molar-refractivity contribution in [3.8, 4) is 17.0 Å². The third-order valence-corrected chi connectivity index (χ3v) is 5.52. The van der Waals surface area contributed by atoms with Crippen molar-refractivity contribution in [1.29, 1.82) is 0 Å². The first-order chi connectivity index (χ1) is 14.6. The van der Waals surface area contributed by atoms with Gasteiger partial charge in [-0.25, -0.2) is 27.8 Å². The summed E-state index contributed by atoms with van der Waals surface area (Å²) in [4.78, 5) is 16.1. The summed E-state index contributed by atoms with van der Waals surface area (Å²) >= 11 is 0. The average Bonchev–Trinajstić information content (AvgIpc) is 3.44. The van der Waals surface area contributed by atoms with Gasteiger partial charge < -0.3 is 20.8 Å². The Morgan fingerprint density at radius 2 is 1.65 bits per heavy atom. The normalized spacial score (nSPS) is 15.0. The number of oxazole rings is 1. The van der Waals surface area contributed by atoms with E-state index in [1.54, 1.807) is 13.0 Å². The van der Waals surface area contributed by atoms with Gasteiger partial charge in [0.2, 0.25) is 0 Å². The van der Waals surface area contributed by atoms with Gasteiger partial charge >= 0.3 is 29.6 Å². The largest absolute Gasteiger partial charge is 1.00 e. The average molecular weight is 424 g/mol. The van der Waals surface area contributed by atoms with Gasteiger partial charge in [-0.2, -0.15) is 0 Å². The van der Waals surface area contributed by atoms with Crippen LogP contribution in [0.5, 0.6) is 5.75 Å². The summed E-state index contributed by atoms with van der Waals surface area (Å²) in [6.07, 6.45) is 7.44. The molecule has 0 amide bonds. The molecule has 4 aromatic rings. The molecule has 31 heavy (non-hydrogen) atoms. The second-order valence-electron chi connectivity index (χ2n) is 7.94. The van der Waals surface area contributed by atoms with E-state index < -0.39 is 0 Å². The Kier molecular flexibility index (Phi) is 6.51. The van der Waals surface area contributed by atoms with Crippen LogP contribution in [0.1, 0.15) is 37.1 Å². The van der Waals surface area contributed by atoms with E-state index in [1.165, 1.54) is 25.7 Å². The molecule has 1 aromatic carbocycles. The molecule has 1 saturated heterocycles. The SMILES string of the molecule is Cc1nc2c(C)c(O)c(-c3ccc4nc(N5CCCC5)ccc4n3)cc2o1.[CH-]1CC1.[Na+]. The van der Waals surface area contributed by atoms with Crippen molar-refractivity contribution in [2.45, 2.75) is 39.5 Å². The topological polar surface area (TPSA) is 75.3 Å². The molecule has 0 bridgehead atoms. The van der Waals surface area contributed by atoms with Crippen molar-refractivity contribution in [2.24, 2.45) is 0 Å². The van der Waals surface area contributed by atoms with Crippen LogP contribution >= 0.6 is 0 Å². The number of aromatic nitrogens is 3. The molecule has 0 atom stereocenters. The van der Waals surface area contributed by atoms with E-state index in [-0.39, 0.29) is 35.3 Å². The van der Waals surface area contributed by atoms with Gasteiger partial charge in [-0.15, -0.1) is 0 Å². The van der Waals surface area contributed by atoms with E-state index in [4.69, 9.17) is 14.4 Å². The number of phenols is 1. The monoisotopic (exact) mass is 424 g/mol. The van der Waals surface area contributed by atoms with Crippen LogP contribution in [-0.4, -0.2) is 33.1 Å². The zero-order valence-electron chi connectivity index (χ0n) is 18.4. The molecule has 2 fully saturated rings. The molecular formula is C24H25N4NaO2. The number of hydrogen-bond donors (Lipinski definition) is 1. The van der Waals surface area contributed by atoms with Crippen molar-refractivity contribution >= 4 is 28.0 Å². The maximum Gasteiger partial charge on any atom is 1.00 e. The summed E-state index contributed by atoms with van der Waals surface area (Å²) in [5, 5.41) is 10.7. The first kappa shape index (κ1) is 22.1. The van der Waals surface area contributed by atoms with Crippen molar-refractivity contribution in [3.05, 3.63) is 48.2 Å². The molecule has 2 aliphatic rings. The first-order valence-corrected chi connectivity index (χ1v) is 10.5. The van der Waals surface area contributed by atoms with E-state index in [0.717, 1.165) is 29.9 Å². The molecule has 6 nitrogen and oxygen atoms in total. The predicted molar refractivity (Wildman–Crippen MR) is 119 cm³/mol. The number of nitrogens with zero attached hydrogens (tertiary/aromatic N) is 4. The number of phenolic OH excluding ortho intramolecular Hbond substituents is 1. The molecule has 1 N–H and O–H groups in total. The molecule has 4 heterocycles. The Balaban J connectivity index is 0.000000534. The summed E-state index contributed by atoms with van der Waals surface area (Å²) in [6.45, 7) is 5.77. The van der Waals surface area contributed by atoms with Crippen LogP contribution in [0, 0.1) is 20.3 Å². The van der Waals surface area contributed by atoms with Gasteiger partial charge in [0.25, 0.3) is 0 Å². The third kappa shape index (κ3) is 4.56. The van der Waals surface area contributed by atoms with Gasteiger partial charge in [0.1, 0.15) is 17.1 Å². The van der Waals surface area contributed by atoms with Crippen molar-refractivity contribution < 1.29 is 39.1 Å². The maximum atomic E-state index is 10.7. The molecule has 3 aromatic heterocycles. The molecule has 0 radical (unpaired) electrons. The summed E-state index contributed by atoms with van der Waals surface area (Å²) in [5.74, 6) is 1.77. The van der Waals surface area contributed by atoms with E-state index in [0.29, 0.717) is 33.8 Å². The number of anilines is 1. The number of fused-ring (bicyclic) bond motifs is 2. The molecule has 1 saturated carbocycles. The van der Waals surface area contributed by atoms with Crippen molar-refractivity contribution in [3.63, 3.8) is 0 Å². The van der Waals surface area contributed by atoms with E-state index in [9.17, 15) is 5.11 Å². The van der Waals surface area contributed by atoms with Gasteiger partial charge in [0, 0.05) is 31.1 Å². The fraction of sp³-hybridized carbons (Fsp3) is 0.333. The second kappa shape index (κ2) is 9.15. The summed E-state index contributed by atoms with van der Waals surface area (Å²) in [7, 11) is 0. The van der Waals surface area contributed by atoms with Crippen LogP contribution in [0.2, 0.25) is 0 Å². The van der Waals surface area contributed by atoms with E-state index in [1.807, 2.05) is 31.2 Å². The van der Waals surface area contributed by atoms with Crippen LogP contribution < -0.4 is 34.5 Å². The van der Waals surface area contributed by atoms with Gasteiger partial charge in [-0.3, -0.25) is 0 Å². The standard InChI is InChI=1S/C21H20N4O2.C3H5.Na/c1-12-20-18(27-13(2)22-20)11-14(21(12)26)15-5-6-17-16(23-15)7-8-19(24-17)25-9-3-4-10-25;1-2-3-1;/h5-8,11,26H,3-4,9-10H2,1-2H3;1H,2-3H2;/q;-1;+1. The quantitative estimate of drug-likeness (QED) is 0.393. The number of aryl methyl sites for hydroxylation is 2. The predicted octanol–water partition coefficient (Wildman–Crippen LogP) is 2.35. The fourth-order valence-corrected chi connectivity index (χ4v) is 3.79. The number of benzene rings is 1. The number of rotatable bonds is 2. The van der Waals surface area contributed by atoms with Gasteiger partial charge in [0.15, 0.2) is 11.5 Å². The van der Waals surface area contributed by atoms with Gasteiger partial charge in [0.05, 0.1) is 16.7 Å². The Bertz CT molecular complexity index is 1230. The minimum absolute atomic E-state index is 0. The molecule has 0 unspecified atom stereocenters. The molecule has 0 spiro atoms. The Hall–Kier alpha value is -2.15. The molecule has 1 aliphatic heterocycles. The van der Waals surface area contributed by atoms with Gasteiger partial charge in [-0.05, 0) is 50.1 Å². The van der Waals surface area contributed by atoms with Crippen molar-refractivity contribution in [1.82, 2.24) is 15.0 Å². The second-order valence-corrected chi connectivity index (χ2v) is 7.94. The van der Waals surface area contributed by atoms with Crippen LogP contribution in [0.3, 0.4) is 0 Å². The maximum absolute atomic E-state index is 10.7. The minimum atomic E-state index is 0. The van der Waals surface area contributed by atoms with Gasteiger partial charge in [-0.1, -0.05) is 0 Å². The molecule has 6 rings (SSSR count). The Labute approximate surface area is 204 Å². The number of hydrogen-bond acceptors (Lipinski definition) is 6. The van der Waals surface area contributed by atoms with Crippen LogP contribution in [0.4, 0.5) is 5.82 Å². The zero-order chi connectivity index (χ0) is 20.7. The Morgan fingerprint density at radius 3 is 2.35 bits per heavy atom. The van der Waals surface area contributed by atoms with Crippen LogP contribution in [-0.2, 0) is 0 Å². The smallest absolute Gasteiger partial charge is 0.507 e. The summed E-state index contributed by atoms with van der Waals surface area (Å²) < 4.78 is 5.66. The van der Waals surface area contributed by atoms with Crippen LogP contribution in [0.15, 0.2) is 34.7 Å². The number of pyridine rings is 2. The summed E-state index contributed by atoms with van der Waals surface area (Å²) in [5.41, 5.74) is 5.03. The third-order valence-electron chi connectivity index (χ3n) is 5.52. The zero-order valence-corrected chi connectivity index (χ0v) is 20.4. The van der Waals surface area contributed by atoms with E-state index >= 15 is 0 Å². The molecular weight excluding hydrogens is 399 g/mol. The van der Waals surface area contributed by atoms with Crippen LogP contribution in [0.25, 0.3) is 33.4 Å². The molecule has 1 aliphatic carbocycles. The summed E-state index contributed by atoms with van der Waals surface area (Å²) in [6, 6.07) is 9.69.